The summed E-state index contributed by atoms with van der Waals surface area (Å²) in [4.78, 5) is 11.3. The van der Waals surface area contributed by atoms with Crippen molar-refractivity contribution >= 4 is 11.8 Å². The standard InChI is InChI=1S/C14H18N2O3/c1-14(2,3)19-13(18)16-8-4-5-10-6-7-11(17)9-12(10)15/h6-7,9,17H,8,15H2,1-3H3,(H,16,18). The monoisotopic (exact) mass is 262 g/mol. The Morgan fingerprint density at radius 3 is 2.74 bits per heavy atom. The summed E-state index contributed by atoms with van der Waals surface area (Å²) >= 11 is 0. The van der Waals surface area contributed by atoms with Gasteiger partial charge in [0, 0.05) is 11.6 Å². The minimum Gasteiger partial charge on any atom is -0.508 e. The number of benzene rings is 1. The number of nitrogen functional groups attached to an aromatic ring is 1. The van der Waals surface area contributed by atoms with Crippen LogP contribution in [0.1, 0.15) is 26.3 Å². The molecule has 0 radical (unpaired) electrons. The Kier molecular flexibility index (Phi) is 4.65. The molecule has 19 heavy (non-hydrogen) atoms. The summed E-state index contributed by atoms with van der Waals surface area (Å²) in [6.45, 7) is 5.52. The van der Waals surface area contributed by atoms with E-state index in [0.29, 0.717) is 11.3 Å². The van der Waals surface area contributed by atoms with Gasteiger partial charge in [-0.1, -0.05) is 11.8 Å². The van der Waals surface area contributed by atoms with Gasteiger partial charge in [0.05, 0.1) is 12.2 Å². The van der Waals surface area contributed by atoms with Crippen molar-refractivity contribution < 1.29 is 14.6 Å². The zero-order valence-corrected chi connectivity index (χ0v) is 11.3. The van der Waals surface area contributed by atoms with Gasteiger partial charge in [0.15, 0.2) is 0 Å². The van der Waals surface area contributed by atoms with Crippen LogP contribution in [0, 0.1) is 11.8 Å². The number of phenolic OH excluding ortho intramolecular Hbond substituents is 1. The molecule has 1 rings (SSSR count). The molecule has 0 fully saturated rings. The molecule has 0 atom stereocenters. The molecule has 5 heteroatoms. The van der Waals surface area contributed by atoms with Gasteiger partial charge in [-0.05, 0) is 32.9 Å². The molecular formula is C14H18N2O3. The van der Waals surface area contributed by atoms with E-state index in [9.17, 15) is 9.90 Å². The Morgan fingerprint density at radius 1 is 1.47 bits per heavy atom. The van der Waals surface area contributed by atoms with E-state index in [-0.39, 0.29) is 12.3 Å². The van der Waals surface area contributed by atoms with Gasteiger partial charge in [-0.3, -0.25) is 0 Å². The van der Waals surface area contributed by atoms with Crippen LogP contribution in [0.3, 0.4) is 0 Å². The van der Waals surface area contributed by atoms with Crippen LogP contribution in [0.5, 0.6) is 5.75 Å². The maximum absolute atomic E-state index is 11.3. The van der Waals surface area contributed by atoms with E-state index >= 15 is 0 Å². The lowest BCUT2D eigenvalue weighted by molar-refractivity contribution is 0.0535. The van der Waals surface area contributed by atoms with E-state index in [1.165, 1.54) is 12.1 Å². The topological polar surface area (TPSA) is 84.6 Å². The smallest absolute Gasteiger partial charge is 0.408 e. The van der Waals surface area contributed by atoms with Gasteiger partial charge >= 0.3 is 6.09 Å². The first kappa shape index (κ1) is 14.7. The van der Waals surface area contributed by atoms with Crippen molar-refractivity contribution in [2.75, 3.05) is 12.3 Å². The largest absolute Gasteiger partial charge is 0.508 e. The Hall–Kier alpha value is -2.35. The van der Waals surface area contributed by atoms with E-state index in [1.54, 1.807) is 26.8 Å². The van der Waals surface area contributed by atoms with Crippen molar-refractivity contribution in [3.63, 3.8) is 0 Å². The molecule has 4 N–H and O–H groups in total. The van der Waals surface area contributed by atoms with Crippen molar-refractivity contribution in [3.05, 3.63) is 23.8 Å². The van der Waals surface area contributed by atoms with Crippen molar-refractivity contribution in [2.24, 2.45) is 0 Å². The van der Waals surface area contributed by atoms with E-state index in [2.05, 4.69) is 17.2 Å². The van der Waals surface area contributed by atoms with Crippen LogP contribution in [0.4, 0.5) is 10.5 Å². The first-order valence-electron chi connectivity index (χ1n) is 5.82. The predicted octanol–water partition coefficient (Wildman–Crippen LogP) is 1.85. The van der Waals surface area contributed by atoms with Crippen molar-refractivity contribution in [2.45, 2.75) is 26.4 Å². The number of carbonyl (C=O) groups excluding carboxylic acids is 1. The van der Waals surface area contributed by atoms with Gasteiger partial charge in [-0.25, -0.2) is 4.79 Å². The summed E-state index contributed by atoms with van der Waals surface area (Å²) in [6.07, 6.45) is -0.513. The van der Waals surface area contributed by atoms with Gasteiger partial charge in [0.25, 0.3) is 0 Å². The van der Waals surface area contributed by atoms with Crippen LogP contribution in [0.25, 0.3) is 0 Å². The lowest BCUT2D eigenvalue weighted by Gasteiger charge is -2.19. The van der Waals surface area contributed by atoms with E-state index in [0.717, 1.165) is 0 Å². The van der Waals surface area contributed by atoms with Crippen molar-refractivity contribution in [1.82, 2.24) is 5.32 Å². The Bertz CT molecular complexity index is 522. The number of hydrogen-bond donors (Lipinski definition) is 3. The number of alkyl carbamates (subject to hydrolysis) is 1. The highest BCUT2D eigenvalue weighted by Gasteiger charge is 2.14. The first-order chi connectivity index (χ1) is 8.78. The number of amides is 1. The minimum atomic E-state index is -0.529. The molecular weight excluding hydrogens is 244 g/mol. The van der Waals surface area contributed by atoms with Gasteiger partial charge in [-0.15, -0.1) is 0 Å². The first-order valence-corrected chi connectivity index (χ1v) is 5.82. The second-order valence-electron chi connectivity index (χ2n) is 4.93. The van der Waals surface area contributed by atoms with Gasteiger partial charge < -0.3 is 20.9 Å². The molecule has 0 bridgehead atoms. The van der Waals surface area contributed by atoms with Crippen LogP contribution in [-0.4, -0.2) is 23.3 Å². The Morgan fingerprint density at radius 2 is 2.16 bits per heavy atom. The van der Waals surface area contributed by atoms with Gasteiger partial charge in [-0.2, -0.15) is 0 Å². The normalized spacial score (nSPS) is 10.3. The quantitative estimate of drug-likeness (QED) is 0.532. The fourth-order valence-electron chi connectivity index (χ4n) is 1.23. The van der Waals surface area contributed by atoms with Gasteiger partial charge in [0.2, 0.25) is 0 Å². The van der Waals surface area contributed by atoms with Crippen molar-refractivity contribution in [3.8, 4) is 17.6 Å². The van der Waals surface area contributed by atoms with Crippen LogP contribution in [-0.2, 0) is 4.74 Å². The molecule has 0 aliphatic heterocycles. The summed E-state index contributed by atoms with van der Waals surface area (Å²) in [5.74, 6) is 5.65. The van der Waals surface area contributed by atoms with Crippen LogP contribution < -0.4 is 11.1 Å². The molecule has 0 saturated carbocycles. The molecule has 0 unspecified atom stereocenters. The van der Waals surface area contributed by atoms with Crippen LogP contribution in [0.2, 0.25) is 0 Å². The molecule has 1 aromatic carbocycles. The fourth-order valence-corrected chi connectivity index (χ4v) is 1.23. The average molecular weight is 262 g/mol. The van der Waals surface area contributed by atoms with Crippen LogP contribution in [0.15, 0.2) is 18.2 Å². The fraction of sp³-hybridized carbons (Fsp3) is 0.357. The van der Waals surface area contributed by atoms with E-state index < -0.39 is 11.7 Å². The average Bonchev–Trinajstić information content (AvgIpc) is 2.24. The second kappa shape index (κ2) is 6.01. The summed E-state index contributed by atoms with van der Waals surface area (Å²) in [7, 11) is 0. The maximum atomic E-state index is 11.3. The number of aromatic hydroxyl groups is 1. The molecule has 102 valence electrons. The highest BCUT2D eigenvalue weighted by atomic mass is 16.6. The maximum Gasteiger partial charge on any atom is 0.408 e. The number of hydrogen-bond acceptors (Lipinski definition) is 4. The number of nitrogens with two attached hydrogens (primary N) is 1. The zero-order valence-electron chi connectivity index (χ0n) is 11.3. The molecule has 0 saturated heterocycles. The number of ether oxygens (including phenoxy) is 1. The van der Waals surface area contributed by atoms with Gasteiger partial charge in [0.1, 0.15) is 11.4 Å². The molecule has 1 aromatic rings. The number of phenols is 1. The summed E-state index contributed by atoms with van der Waals surface area (Å²) in [5, 5.41) is 11.7. The number of rotatable bonds is 1. The molecule has 0 aliphatic rings. The molecule has 0 aliphatic carbocycles. The second-order valence-corrected chi connectivity index (χ2v) is 4.93. The number of carbonyl (C=O) groups is 1. The zero-order chi connectivity index (χ0) is 14.5. The molecule has 1 amide bonds. The summed E-state index contributed by atoms with van der Waals surface area (Å²) in [5.41, 5.74) is 6.14. The lowest BCUT2D eigenvalue weighted by Crippen LogP contribution is -2.32. The third-order valence-corrected chi connectivity index (χ3v) is 1.98. The Balaban J connectivity index is 2.50. The van der Waals surface area contributed by atoms with E-state index in [4.69, 9.17) is 10.5 Å². The Labute approximate surface area is 112 Å². The SMILES string of the molecule is CC(C)(C)OC(=O)NCC#Cc1ccc(O)cc1N. The minimum absolute atomic E-state index is 0.0925. The van der Waals surface area contributed by atoms with Crippen LogP contribution >= 0.6 is 0 Å². The summed E-state index contributed by atoms with van der Waals surface area (Å²) < 4.78 is 5.05. The third-order valence-electron chi connectivity index (χ3n) is 1.98. The van der Waals surface area contributed by atoms with E-state index in [1.807, 2.05) is 0 Å². The molecule has 5 nitrogen and oxygen atoms in total. The number of anilines is 1. The van der Waals surface area contributed by atoms with Crippen molar-refractivity contribution in [1.29, 1.82) is 0 Å². The third kappa shape index (κ3) is 5.68. The summed E-state index contributed by atoms with van der Waals surface area (Å²) in [6, 6.07) is 4.54. The predicted molar refractivity (Wildman–Crippen MR) is 73.6 cm³/mol. The highest BCUT2D eigenvalue weighted by Crippen LogP contribution is 2.17. The molecule has 0 aromatic heterocycles. The molecule has 0 spiro atoms. The highest BCUT2D eigenvalue weighted by molar-refractivity contribution is 5.68. The number of nitrogens with one attached hydrogen (secondary N) is 1. The lowest BCUT2D eigenvalue weighted by atomic mass is 10.2. The molecule has 0 heterocycles.